The Morgan fingerprint density at radius 1 is 1.42 bits per heavy atom. The lowest BCUT2D eigenvalue weighted by atomic mass is 10.1. The molecule has 0 bridgehead atoms. The van der Waals surface area contributed by atoms with E-state index in [0.717, 1.165) is 38.4 Å². The zero-order chi connectivity index (χ0) is 14.3. The first kappa shape index (κ1) is 16.0. The fourth-order valence-electron chi connectivity index (χ4n) is 1.96. The first-order valence-corrected chi connectivity index (χ1v) is 7.09. The average Bonchev–Trinajstić information content (AvgIpc) is 2.73. The zero-order valence-corrected chi connectivity index (χ0v) is 12.8. The van der Waals surface area contributed by atoms with Crippen molar-refractivity contribution in [2.75, 3.05) is 13.1 Å². The van der Waals surface area contributed by atoms with Crippen molar-refractivity contribution in [1.82, 2.24) is 10.2 Å². The molecule has 108 valence electrons. The molecule has 1 aromatic rings. The Balaban J connectivity index is 2.62. The van der Waals surface area contributed by atoms with E-state index in [0.29, 0.717) is 0 Å². The molecule has 0 unspecified atom stereocenters. The van der Waals surface area contributed by atoms with E-state index in [2.05, 4.69) is 50.6 Å². The van der Waals surface area contributed by atoms with E-state index in [1.54, 1.807) is 6.26 Å². The fourth-order valence-corrected chi connectivity index (χ4v) is 1.96. The normalized spacial score (nSPS) is 12.1. The number of nitrogens with zero attached hydrogens (tertiary/aromatic N) is 1. The molecule has 1 N–H and O–H groups in total. The lowest BCUT2D eigenvalue weighted by molar-refractivity contribution is 0.266. The van der Waals surface area contributed by atoms with Crippen molar-refractivity contribution in [1.29, 1.82) is 0 Å². The highest BCUT2D eigenvalue weighted by Crippen LogP contribution is 2.15. The number of hydrogen-bond acceptors (Lipinski definition) is 3. The Bertz CT molecular complexity index is 376. The third-order valence-electron chi connectivity index (χ3n) is 2.94. The summed E-state index contributed by atoms with van der Waals surface area (Å²) in [5.41, 5.74) is 1.37. The van der Waals surface area contributed by atoms with E-state index in [4.69, 9.17) is 4.42 Å². The Morgan fingerprint density at radius 3 is 2.74 bits per heavy atom. The molecule has 0 saturated carbocycles. The first-order valence-electron chi connectivity index (χ1n) is 7.09. The standard InChI is InChI=1S/C16H28N2O/c1-6-9-18(10-7-2)13-15-14(8-11-19-15)12-17-16(3,4)5/h6,8,11,17H,1,7,9-10,12-13H2,2-5H3. The van der Waals surface area contributed by atoms with Gasteiger partial charge in [0.1, 0.15) is 5.76 Å². The molecule has 19 heavy (non-hydrogen) atoms. The van der Waals surface area contributed by atoms with Crippen molar-refractivity contribution >= 4 is 0 Å². The molecule has 0 saturated heterocycles. The minimum atomic E-state index is 0.124. The van der Waals surface area contributed by atoms with Gasteiger partial charge in [-0.2, -0.15) is 0 Å². The Kier molecular flexibility index (Phi) is 6.32. The van der Waals surface area contributed by atoms with E-state index >= 15 is 0 Å². The second-order valence-electron chi connectivity index (χ2n) is 6.00. The van der Waals surface area contributed by atoms with Gasteiger partial charge in [-0.25, -0.2) is 0 Å². The van der Waals surface area contributed by atoms with Crippen molar-refractivity contribution < 1.29 is 4.42 Å². The maximum atomic E-state index is 5.64. The molecule has 3 nitrogen and oxygen atoms in total. The van der Waals surface area contributed by atoms with Gasteiger partial charge in [-0.05, 0) is 39.8 Å². The maximum Gasteiger partial charge on any atom is 0.122 e. The number of nitrogens with one attached hydrogen (secondary N) is 1. The number of rotatable bonds is 8. The van der Waals surface area contributed by atoms with Gasteiger partial charge in [0.25, 0.3) is 0 Å². The molecule has 1 aromatic heterocycles. The number of furan rings is 1. The van der Waals surface area contributed by atoms with Crippen LogP contribution in [-0.2, 0) is 13.1 Å². The molecule has 0 radical (unpaired) electrons. The Morgan fingerprint density at radius 2 is 2.16 bits per heavy atom. The van der Waals surface area contributed by atoms with Crippen LogP contribution in [-0.4, -0.2) is 23.5 Å². The summed E-state index contributed by atoms with van der Waals surface area (Å²) in [7, 11) is 0. The van der Waals surface area contributed by atoms with Gasteiger partial charge in [0.05, 0.1) is 12.8 Å². The maximum absolute atomic E-state index is 5.64. The second kappa shape index (κ2) is 7.51. The summed E-state index contributed by atoms with van der Waals surface area (Å²) in [6.45, 7) is 16.2. The highest BCUT2D eigenvalue weighted by atomic mass is 16.3. The van der Waals surface area contributed by atoms with Gasteiger partial charge in [-0.3, -0.25) is 4.90 Å². The van der Waals surface area contributed by atoms with Gasteiger partial charge in [0.2, 0.25) is 0 Å². The van der Waals surface area contributed by atoms with Crippen LogP contribution in [0.15, 0.2) is 29.4 Å². The molecule has 1 rings (SSSR count). The summed E-state index contributed by atoms with van der Waals surface area (Å²) < 4.78 is 5.64. The summed E-state index contributed by atoms with van der Waals surface area (Å²) in [4.78, 5) is 2.35. The van der Waals surface area contributed by atoms with Crippen molar-refractivity contribution in [2.45, 2.75) is 52.7 Å². The lowest BCUT2D eigenvalue weighted by Crippen LogP contribution is -2.35. The van der Waals surface area contributed by atoms with Crippen LogP contribution in [0.2, 0.25) is 0 Å². The summed E-state index contributed by atoms with van der Waals surface area (Å²) in [6, 6.07) is 2.06. The van der Waals surface area contributed by atoms with Crippen molar-refractivity contribution in [3.8, 4) is 0 Å². The molecule has 3 heteroatoms. The van der Waals surface area contributed by atoms with Gasteiger partial charge in [0.15, 0.2) is 0 Å². The fraction of sp³-hybridized carbons (Fsp3) is 0.625. The van der Waals surface area contributed by atoms with Gasteiger partial charge < -0.3 is 9.73 Å². The average molecular weight is 264 g/mol. The molecule has 1 heterocycles. The van der Waals surface area contributed by atoms with Crippen LogP contribution in [0.1, 0.15) is 45.4 Å². The van der Waals surface area contributed by atoms with Crippen LogP contribution < -0.4 is 5.32 Å². The largest absolute Gasteiger partial charge is 0.468 e. The Labute approximate surface area is 117 Å². The smallest absolute Gasteiger partial charge is 0.122 e. The van der Waals surface area contributed by atoms with Crippen LogP contribution in [0, 0.1) is 0 Å². The molecule has 0 aliphatic carbocycles. The summed E-state index contributed by atoms with van der Waals surface area (Å²) >= 11 is 0. The quantitative estimate of drug-likeness (QED) is 0.728. The van der Waals surface area contributed by atoms with Crippen LogP contribution >= 0.6 is 0 Å². The predicted octanol–water partition coefficient (Wildman–Crippen LogP) is 3.57. The summed E-state index contributed by atoms with van der Waals surface area (Å²) in [5, 5.41) is 3.50. The highest BCUT2D eigenvalue weighted by Gasteiger charge is 2.14. The van der Waals surface area contributed by atoms with Crippen molar-refractivity contribution in [2.24, 2.45) is 0 Å². The SMILES string of the molecule is C=CCN(CCC)Cc1occc1CNC(C)(C)C. The molecule has 0 aromatic carbocycles. The van der Waals surface area contributed by atoms with Crippen LogP contribution in [0.25, 0.3) is 0 Å². The van der Waals surface area contributed by atoms with Gasteiger partial charge >= 0.3 is 0 Å². The number of hydrogen-bond donors (Lipinski definition) is 1. The molecule has 0 aliphatic rings. The summed E-state index contributed by atoms with van der Waals surface area (Å²) in [6.07, 6.45) is 4.88. The van der Waals surface area contributed by atoms with Crippen LogP contribution in [0.4, 0.5) is 0 Å². The zero-order valence-electron chi connectivity index (χ0n) is 12.8. The topological polar surface area (TPSA) is 28.4 Å². The Hall–Kier alpha value is -1.06. The molecule has 0 fully saturated rings. The van der Waals surface area contributed by atoms with E-state index < -0.39 is 0 Å². The van der Waals surface area contributed by atoms with Gasteiger partial charge in [0, 0.05) is 24.2 Å². The highest BCUT2D eigenvalue weighted by molar-refractivity contribution is 5.17. The third kappa shape index (κ3) is 6.08. The second-order valence-corrected chi connectivity index (χ2v) is 6.00. The third-order valence-corrected chi connectivity index (χ3v) is 2.94. The predicted molar refractivity (Wildman–Crippen MR) is 81.1 cm³/mol. The summed E-state index contributed by atoms with van der Waals surface area (Å²) in [5.74, 6) is 1.06. The van der Waals surface area contributed by atoms with Crippen LogP contribution in [0.5, 0.6) is 0 Å². The molecular weight excluding hydrogens is 236 g/mol. The monoisotopic (exact) mass is 264 g/mol. The van der Waals surface area contributed by atoms with Crippen LogP contribution in [0.3, 0.4) is 0 Å². The van der Waals surface area contributed by atoms with Gasteiger partial charge in [-0.1, -0.05) is 13.0 Å². The van der Waals surface area contributed by atoms with E-state index in [1.807, 2.05) is 6.08 Å². The molecule has 0 aliphatic heterocycles. The molecule has 0 spiro atoms. The van der Waals surface area contributed by atoms with E-state index in [9.17, 15) is 0 Å². The van der Waals surface area contributed by atoms with Gasteiger partial charge in [-0.15, -0.1) is 6.58 Å². The van der Waals surface area contributed by atoms with E-state index in [1.165, 1.54) is 5.56 Å². The van der Waals surface area contributed by atoms with Crippen molar-refractivity contribution in [3.63, 3.8) is 0 Å². The minimum absolute atomic E-state index is 0.124. The lowest BCUT2D eigenvalue weighted by Gasteiger charge is -2.22. The van der Waals surface area contributed by atoms with E-state index in [-0.39, 0.29) is 5.54 Å². The van der Waals surface area contributed by atoms with Crippen molar-refractivity contribution in [3.05, 3.63) is 36.3 Å². The molecular formula is C16H28N2O. The first-order chi connectivity index (χ1) is 8.96. The molecule has 0 amide bonds. The molecule has 0 atom stereocenters. The minimum Gasteiger partial charge on any atom is -0.468 e.